The van der Waals surface area contributed by atoms with Gasteiger partial charge in [0.25, 0.3) is 0 Å². The third-order valence-electron chi connectivity index (χ3n) is 13.9. The Balaban J connectivity index is 1.26. The van der Waals surface area contributed by atoms with Crippen LogP contribution >= 0.6 is 45.3 Å². The molecule has 410 valence electrons. The van der Waals surface area contributed by atoms with Crippen molar-refractivity contribution in [2.45, 2.75) is 87.5 Å². The zero-order chi connectivity index (χ0) is 54.8. The molecule has 0 aliphatic heterocycles. The van der Waals surface area contributed by atoms with Crippen molar-refractivity contribution in [3.8, 4) is 86.4 Å². The fourth-order valence-corrected chi connectivity index (χ4v) is 14.3. The van der Waals surface area contributed by atoms with Crippen molar-refractivity contribution in [2.75, 3.05) is 52.9 Å². The molecule has 10 aliphatic rings. The van der Waals surface area contributed by atoms with Crippen LogP contribution in [0.1, 0.15) is 111 Å². The maximum absolute atomic E-state index is 6.69. The Morgan fingerprint density at radius 1 is 0.266 bits per heavy atom. The third kappa shape index (κ3) is 12.5. The van der Waals surface area contributed by atoms with E-state index in [1.54, 1.807) is 22.7 Å². The first-order valence-corrected chi connectivity index (χ1v) is 31.2. The van der Waals surface area contributed by atoms with Crippen LogP contribution in [0.3, 0.4) is 0 Å². The Labute approximate surface area is 482 Å². The fourth-order valence-electron chi connectivity index (χ4n) is 10.5. The van der Waals surface area contributed by atoms with Gasteiger partial charge < -0.3 is 37.9 Å². The number of hydrogen-bond acceptors (Lipinski definition) is 12. The summed E-state index contributed by atoms with van der Waals surface area (Å²) in [4.78, 5) is 7.39. The minimum atomic E-state index is 0.494. The molecule has 5 aromatic carbocycles. The Morgan fingerprint density at radius 2 is 0.494 bits per heavy atom. The van der Waals surface area contributed by atoms with E-state index in [2.05, 4.69) is 134 Å². The number of benzene rings is 5. The smallest absolute Gasteiger partial charge is 0.123 e. The van der Waals surface area contributed by atoms with Crippen molar-refractivity contribution in [1.29, 1.82) is 0 Å². The van der Waals surface area contributed by atoms with Gasteiger partial charge in [0.15, 0.2) is 0 Å². The molecule has 0 fully saturated rings. The molecule has 0 spiro atoms. The second-order valence-electron chi connectivity index (χ2n) is 19.1. The molecule has 12 heteroatoms. The largest absolute Gasteiger partial charge is 0.494 e. The second kappa shape index (κ2) is 26.1. The summed E-state index contributed by atoms with van der Waals surface area (Å²) >= 11 is 7.21. The van der Waals surface area contributed by atoms with E-state index >= 15 is 0 Å². The standard InChI is InChI=1S/C67H70O8S4/c1-9-68-54-36-46-29-48-38-60(74-15-7)50(40-58(48)72-13-5)31-51-41-59(73-14-6)49(39-61(51)75-16-8)30-47-37-55(69-10-2)45(35-57(47)71-12-4)28-43-33-52(62-21-23-66(78-62)64-19-17-25-76-64)42(27-44(54)34-56(46)70-11-3)32-53(43)63-22-24-67(79-63)65-20-18-26-77-65/h17-26,32-41H,9-16,27-31H2,1-8H3. The molecule has 79 heavy (non-hydrogen) atoms. The maximum atomic E-state index is 6.69. The minimum absolute atomic E-state index is 0.494. The monoisotopic (exact) mass is 1130 g/mol. The highest BCUT2D eigenvalue weighted by Crippen LogP contribution is 2.47. The third-order valence-corrected chi connectivity index (χ3v) is 18.2. The Morgan fingerprint density at radius 3 is 0.709 bits per heavy atom. The normalized spacial score (nSPS) is 12.2. The number of ether oxygens (including phenoxy) is 8. The maximum Gasteiger partial charge on any atom is 0.123 e. The molecule has 10 bridgehead atoms. The van der Waals surface area contributed by atoms with Crippen LogP contribution in [0.4, 0.5) is 0 Å². The van der Waals surface area contributed by atoms with E-state index < -0.39 is 0 Å². The summed E-state index contributed by atoms with van der Waals surface area (Å²) < 4.78 is 52.8. The van der Waals surface area contributed by atoms with Gasteiger partial charge in [-0.15, -0.1) is 45.3 Å². The lowest BCUT2D eigenvalue weighted by Gasteiger charge is -2.21. The molecule has 4 aromatic heterocycles. The number of thiophene rings is 4. The van der Waals surface area contributed by atoms with Crippen molar-refractivity contribution in [3.63, 3.8) is 0 Å². The summed E-state index contributed by atoms with van der Waals surface area (Å²) in [5, 5.41) is 4.30. The molecule has 0 radical (unpaired) electrons. The SMILES string of the molecule is CCOc1cc2c(OCC)cc1Cc1cc(OCC)c(cc1OCC)Cc1cc(OCC)c(cc1OCC)Cc1cc(-c3ccc(-c4cccs4)s3)c(cc1-c1ccc(-c3cccs3)s1)Cc1cc(OCC)c(cc1OCC)C2. The minimum Gasteiger partial charge on any atom is -0.494 e. The fraction of sp³-hybridized carbons (Fsp3) is 0.313. The van der Waals surface area contributed by atoms with Crippen LogP contribution in [-0.2, 0) is 32.1 Å². The highest BCUT2D eigenvalue weighted by molar-refractivity contribution is 7.23. The molecular formula is C67H70O8S4. The summed E-state index contributed by atoms with van der Waals surface area (Å²) in [5.74, 6) is 6.43. The summed E-state index contributed by atoms with van der Waals surface area (Å²) in [6, 6.07) is 40.1. The highest BCUT2D eigenvalue weighted by Gasteiger charge is 2.25. The lowest BCUT2D eigenvalue weighted by Crippen LogP contribution is -2.08. The van der Waals surface area contributed by atoms with Crippen LogP contribution in [0.25, 0.3) is 40.4 Å². The van der Waals surface area contributed by atoms with E-state index in [9.17, 15) is 0 Å². The Kier molecular flexibility index (Phi) is 18.3. The van der Waals surface area contributed by atoms with E-state index in [0.29, 0.717) is 85.0 Å². The van der Waals surface area contributed by atoms with Crippen LogP contribution in [0.15, 0.2) is 120 Å². The van der Waals surface area contributed by atoms with Gasteiger partial charge in [0, 0.05) is 106 Å². The van der Waals surface area contributed by atoms with Gasteiger partial charge in [0.1, 0.15) is 46.0 Å². The molecule has 0 saturated heterocycles. The predicted molar refractivity (Wildman–Crippen MR) is 329 cm³/mol. The van der Waals surface area contributed by atoms with E-state index in [4.69, 9.17) is 37.9 Å². The molecule has 0 atom stereocenters. The van der Waals surface area contributed by atoms with Gasteiger partial charge >= 0.3 is 0 Å². The van der Waals surface area contributed by atoms with Crippen molar-refractivity contribution >= 4 is 45.3 Å². The van der Waals surface area contributed by atoms with E-state index in [0.717, 1.165) is 90.5 Å². The topological polar surface area (TPSA) is 73.8 Å². The van der Waals surface area contributed by atoms with Crippen molar-refractivity contribution in [1.82, 2.24) is 0 Å². The van der Waals surface area contributed by atoms with Crippen LogP contribution in [0.2, 0.25) is 0 Å². The zero-order valence-corrected chi connectivity index (χ0v) is 49.9. The summed E-state index contributed by atoms with van der Waals surface area (Å²) in [5.41, 5.74) is 12.8. The van der Waals surface area contributed by atoms with Crippen LogP contribution in [-0.4, -0.2) is 52.9 Å². The van der Waals surface area contributed by atoms with E-state index in [1.807, 2.05) is 64.2 Å². The van der Waals surface area contributed by atoms with E-state index in [-0.39, 0.29) is 0 Å². The second-order valence-corrected chi connectivity index (χ2v) is 23.1. The summed E-state index contributed by atoms with van der Waals surface area (Å²) in [7, 11) is 0. The number of hydrogen-bond donors (Lipinski definition) is 0. The van der Waals surface area contributed by atoms with Gasteiger partial charge in [-0.3, -0.25) is 0 Å². The summed E-state index contributed by atoms with van der Waals surface area (Å²) in [6.45, 7) is 20.3. The van der Waals surface area contributed by atoms with Crippen LogP contribution in [0, 0.1) is 0 Å². The predicted octanol–water partition coefficient (Wildman–Crippen LogP) is 18.1. The van der Waals surface area contributed by atoms with Gasteiger partial charge in [-0.25, -0.2) is 0 Å². The molecule has 0 unspecified atom stereocenters. The Bertz CT molecular complexity index is 3270. The first-order chi connectivity index (χ1) is 38.7. The first kappa shape index (κ1) is 55.6. The average Bonchev–Trinajstić information content (AvgIpc) is 4.34. The molecule has 19 rings (SSSR count). The van der Waals surface area contributed by atoms with Gasteiger partial charge in [-0.2, -0.15) is 0 Å². The zero-order valence-electron chi connectivity index (χ0n) is 46.6. The van der Waals surface area contributed by atoms with Crippen molar-refractivity contribution in [3.05, 3.63) is 176 Å². The molecule has 9 aromatic rings. The summed E-state index contributed by atoms with van der Waals surface area (Å²) in [6.07, 6.45) is 2.78. The lowest BCUT2D eigenvalue weighted by molar-refractivity contribution is 0.320. The first-order valence-electron chi connectivity index (χ1n) is 27.8. The Hall–Kier alpha value is -6.70. The molecule has 4 heterocycles. The van der Waals surface area contributed by atoms with Crippen LogP contribution in [0.5, 0.6) is 46.0 Å². The highest BCUT2D eigenvalue weighted by atomic mass is 32.1. The molecule has 0 amide bonds. The van der Waals surface area contributed by atoms with Crippen LogP contribution < -0.4 is 37.9 Å². The molecule has 0 saturated carbocycles. The lowest BCUT2D eigenvalue weighted by atomic mass is 9.88. The van der Waals surface area contributed by atoms with Gasteiger partial charge in [-0.05, 0) is 185 Å². The van der Waals surface area contributed by atoms with Crippen molar-refractivity contribution in [2.24, 2.45) is 0 Å². The molecular weight excluding hydrogens is 1060 g/mol. The van der Waals surface area contributed by atoms with Gasteiger partial charge in [0.05, 0.1) is 52.9 Å². The number of rotatable bonds is 20. The molecule has 8 nitrogen and oxygen atoms in total. The van der Waals surface area contributed by atoms with Crippen molar-refractivity contribution < 1.29 is 37.9 Å². The van der Waals surface area contributed by atoms with Gasteiger partial charge in [-0.1, -0.05) is 12.1 Å². The quantitative estimate of drug-likeness (QED) is 0.0747. The average molecular weight is 1130 g/mol. The molecule has 10 aliphatic carbocycles. The van der Waals surface area contributed by atoms with Gasteiger partial charge in [0.2, 0.25) is 0 Å². The molecule has 0 N–H and O–H groups in total. The van der Waals surface area contributed by atoms with E-state index in [1.165, 1.54) is 51.5 Å².